The SMILES string of the molecule is O=C(NCc1ccc(F)cc1)N1CCC(c2ncc(-c3ccc(F)c(F)c3)[nH]2)CC1. The highest BCUT2D eigenvalue weighted by molar-refractivity contribution is 5.74. The largest absolute Gasteiger partial charge is 0.342 e. The quantitative estimate of drug-likeness (QED) is 0.656. The second kappa shape index (κ2) is 8.61. The summed E-state index contributed by atoms with van der Waals surface area (Å²) in [6, 6.07) is 9.60. The number of aromatic amines is 1. The van der Waals surface area contributed by atoms with Gasteiger partial charge in [-0.05, 0) is 48.7 Å². The molecule has 156 valence electrons. The van der Waals surface area contributed by atoms with Crippen LogP contribution in [-0.2, 0) is 6.54 Å². The van der Waals surface area contributed by atoms with E-state index in [9.17, 15) is 18.0 Å². The molecule has 0 spiro atoms. The number of halogens is 3. The number of likely N-dealkylation sites (tertiary alicyclic amines) is 1. The number of piperidine rings is 1. The molecule has 1 aliphatic rings. The van der Waals surface area contributed by atoms with Crippen molar-refractivity contribution in [2.24, 2.45) is 0 Å². The summed E-state index contributed by atoms with van der Waals surface area (Å²) in [7, 11) is 0. The molecule has 8 heteroatoms. The molecule has 0 unspecified atom stereocenters. The Balaban J connectivity index is 1.31. The van der Waals surface area contributed by atoms with Crippen molar-refractivity contribution in [3.8, 4) is 11.3 Å². The Labute approximate surface area is 171 Å². The van der Waals surface area contributed by atoms with Crippen LogP contribution in [-0.4, -0.2) is 34.0 Å². The molecule has 4 rings (SSSR count). The summed E-state index contributed by atoms with van der Waals surface area (Å²) >= 11 is 0. The van der Waals surface area contributed by atoms with Gasteiger partial charge in [-0.15, -0.1) is 0 Å². The van der Waals surface area contributed by atoms with Crippen molar-refractivity contribution in [3.05, 3.63) is 77.5 Å². The first-order valence-corrected chi connectivity index (χ1v) is 9.77. The van der Waals surface area contributed by atoms with Crippen LogP contribution in [0.2, 0.25) is 0 Å². The molecule has 1 fully saturated rings. The smallest absolute Gasteiger partial charge is 0.317 e. The summed E-state index contributed by atoms with van der Waals surface area (Å²) in [5.41, 5.74) is 1.99. The molecular weight excluding hydrogens is 393 g/mol. The molecule has 2 N–H and O–H groups in total. The van der Waals surface area contributed by atoms with Crippen LogP contribution in [0.25, 0.3) is 11.3 Å². The van der Waals surface area contributed by atoms with Crippen molar-refractivity contribution in [2.75, 3.05) is 13.1 Å². The number of nitrogens with zero attached hydrogens (tertiary/aromatic N) is 2. The van der Waals surface area contributed by atoms with Crippen LogP contribution >= 0.6 is 0 Å². The minimum atomic E-state index is -0.899. The van der Waals surface area contributed by atoms with E-state index in [2.05, 4.69) is 15.3 Å². The van der Waals surface area contributed by atoms with E-state index in [0.29, 0.717) is 30.9 Å². The first-order chi connectivity index (χ1) is 14.5. The van der Waals surface area contributed by atoms with E-state index in [1.54, 1.807) is 23.2 Å². The van der Waals surface area contributed by atoms with Gasteiger partial charge in [0.05, 0.1) is 11.9 Å². The topological polar surface area (TPSA) is 61.0 Å². The van der Waals surface area contributed by atoms with Gasteiger partial charge in [-0.25, -0.2) is 22.9 Å². The number of hydrogen-bond acceptors (Lipinski definition) is 2. The number of rotatable bonds is 4. The number of nitrogens with one attached hydrogen (secondary N) is 2. The minimum Gasteiger partial charge on any atom is -0.342 e. The monoisotopic (exact) mass is 414 g/mol. The molecule has 2 amide bonds. The van der Waals surface area contributed by atoms with Gasteiger partial charge in [0.2, 0.25) is 0 Å². The van der Waals surface area contributed by atoms with Crippen LogP contribution in [0.15, 0.2) is 48.7 Å². The maximum atomic E-state index is 13.5. The highest BCUT2D eigenvalue weighted by Gasteiger charge is 2.25. The maximum absolute atomic E-state index is 13.5. The summed E-state index contributed by atoms with van der Waals surface area (Å²) in [6.07, 6.45) is 3.10. The lowest BCUT2D eigenvalue weighted by atomic mass is 9.96. The molecule has 0 atom stereocenters. The van der Waals surface area contributed by atoms with Gasteiger partial charge in [0, 0.05) is 31.1 Å². The van der Waals surface area contributed by atoms with Gasteiger partial charge in [0.25, 0.3) is 0 Å². The van der Waals surface area contributed by atoms with Crippen molar-refractivity contribution in [2.45, 2.75) is 25.3 Å². The highest BCUT2D eigenvalue weighted by atomic mass is 19.2. The summed E-state index contributed by atoms with van der Waals surface area (Å²) < 4.78 is 39.5. The number of H-pyrrole nitrogens is 1. The molecule has 1 saturated heterocycles. The molecule has 0 aliphatic carbocycles. The van der Waals surface area contributed by atoms with Crippen LogP contribution in [0.5, 0.6) is 0 Å². The van der Waals surface area contributed by atoms with E-state index >= 15 is 0 Å². The average Bonchev–Trinajstić information content (AvgIpc) is 3.25. The van der Waals surface area contributed by atoms with Gasteiger partial charge < -0.3 is 15.2 Å². The number of aromatic nitrogens is 2. The molecule has 2 aromatic carbocycles. The standard InChI is InChI=1S/C22H21F3N4O/c23-17-4-1-14(2-5-17)12-27-22(30)29-9-7-15(8-10-29)21-26-13-20(28-21)16-3-6-18(24)19(25)11-16/h1-6,11,13,15H,7-10,12H2,(H,26,28)(H,27,30). The Morgan fingerprint density at radius 3 is 2.50 bits per heavy atom. The van der Waals surface area contributed by atoms with Gasteiger partial charge in [-0.2, -0.15) is 0 Å². The van der Waals surface area contributed by atoms with Gasteiger partial charge in [0.15, 0.2) is 11.6 Å². The number of imidazole rings is 1. The van der Waals surface area contributed by atoms with Crippen LogP contribution in [0.3, 0.4) is 0 Å². The fourth-order valence-corrected chi connectivity index (χ4v) is 3.60. The Bertz CT molecular complexity index is 1030. The molecule has 1 aromatic heterocycles. The lowest BCUT2D eigenvalue weighted by Crippen LogP contribution is -2.43. The first-order valence-electron chi connectivity index (χ1n) is 9.77. The normalized spacial score (nSPS) is 14.7. The van der Waals surface area contributed by atoms with E-state index in [4.69, 9.17) is 0 Å². The van der Waals surface area contributed by atoms with Crippen LogP contribution in [0, 0.1) is 17.5 Å². The van der Waals surface area contributed by atoms with Gasteiger partial charge in [-0.1, -0.05) is 12.1 Å². The first kappa shape index (κ1) is 20.0. The average molecular weight is 414 g/mol. The van der Waals surface area contributed by atoms with E-state index in [1.165, 1.54) is 18.2 Å². The summed E-state index contributed by atoms with van der Waals surface area (Å²) in [4.78, 5) is 21.7. The zero-order valence-electron chi connectivity index (χ0n) is 16.2. The summed E-state index contributed by atoms with van der Waals surface area (Å²) in [5, 5.41) is 2.85. The second-order valence-corrected chi connectivity index (χ2v) is 7.36. The summed E-state index contributed by atoms with van der Waals surface area (Å²) in [6.45, 7) is 1.51. The third-order valence-corrected chi connectivity index (χ3v) is 5.35. The van der Waals surface area contributed by atoms with E-state index in [0.717, 1.165) is 36.4 Å². The number of amides is 2. The molecular formula is C22H21F3N4O. The molecule has 1 aliphatic heterocycles. The van der Waals surface area contributed by atoms with Gasteiger partial charge in [0.1, 0.15) is 11.6 Å². The van der Waals surface area contributed by atoms with Crippen molar-refractivity contribution >= 4 is 6.03 Å². The molecule has 0 radical (unpaired) electrons. The lowest BCUT2D eigenvalue weighted by Gasteiger charge is -2.31. The van der Waals surface area contributed by atoms with E-state index < -0.39 is 11.6 Å². The Morgan fingerprint density at radius 1 is 1.07 bits per heavy atom. The molecule has 2 heterocycles. The van der Waals surface area contributed by atoms with Gasteiger partial charge in [-0.3, -0.25) is 0 Å². The zero-order valence-corrected chi connectivity index (χ0v) is 16.2. The molecule has 30 heavy (non-hydrogen) atoms. The highest BCUT2D eigenvalue weighted by Crippen LogP contribution is 2.28. The fourth-order valence-electron chi connectivity index (χ4n) is 3.60. The van der Waals surface area contributed by atoms with Crippen molar-refractivity contribution in [1.29, 1.82) is 0 Å². The number of hydrogen-bond donors (Lipinski definition) is 2. The molecule has 0 saturated carbocycles. The number of benzene rings is 2. The van der Waals surface area contributed by atoms with Crippen LogP contribution in [0.4, 0.5) is 18.0 Å². The van der Waals surface area contributed by atoms with Gasteiger partial charge >= 0.3 is 6.03 Å². The number of carbonyl (C=O) groups is 1. The Hall–Kier alpha value is -3.29. The predicted octanol–water partition coefficient (Wildman–Crippen LogP) is 4.58. The second-order valence-electron chi connectivity index (χ2n) is 7.36. The number of urea groups is 1. The van der Waals surface area contributed by atoms with Crippen LogP contribution < -0.4 is 5.32 Å². The van der Waals surface area contributed by atoms with Crippen molar-refractivity contribution < 1.29 is 18.0 Å². The fraction of sp³-hybridized carbons (Fsp3) is 0.273. The van der Waals surface area contributed by atoms with E-state index in [1.807, 2.05) is 0 Å². The summed E-state index contributed by atoms with van der Waals surface area (Å²) in [5.74, 6) is -1.16. The third kappa shape index (κ3) is 4.48. The van der Waals surface area contributed by atoms with Crippen molar-refractivity contribution in [3.63, 3.8) is 0 Å². The predicted molar refractivity (Wildman–Crippen MR) is 106 cm³/mol. The van der Waals surface area contributed by atoms with Crippen LogP contribution in [0.1, 0.15) is 30.1 Å². The molecule has 0 bridgehead atoms. The zero-order chi connectivity index (χ0) is 21.1. The number of carbonyl (C=O) groups excluding carboxylic acids is 1. The minimum absolute atomic E-state index is 0.153. The Kier molecular flexibility index (Phi) is 5.74. The third-order valence-electron chi connectivity index (χ3n) is 5.35. The van der Waals surface area contributed by atoms with Crippen molar-refractivity contribution in [1.82, 2.24) is 20.2 Å². The maximum Gasteiger partial charge on any atom is 0.317 e. The molecule has 5 nitrogen and oxygen atoms in total. The molecule has 3 aromatic rings. The Morgan fingerprint density at radius 2 is 1.80 bits per heavy atom. The lowest BCUT2D eigenvalue weighted by molar-refractivity contribution is 0.180. The van der Waals surface area contributed by atoms with E-state index in [-0.39, 0.29) is 17.8 Å².